The summed E-state index contributed by atoms with van der Waals surface area (Å²) in [5.41, 5.74) is 9.34. The number of carbonyl (C=O) groups is 1. The Hall–Kier alpha value is -4.09. The van der Waals surface area contributed by atoms with E-state index in [-0.39, 0.29) is 18.8 Å². The molecule has 0 radical (unpaired) electrons. The van der Waals surface area contributed by atoms with Gasteiger partial charge in [-0.05, 0) is 55.3 Å². The summed E-state index contributed by atoms with van der Waals surface area (Å²) >= 11 is 6.10. The van der Waals surface area contributed by atoms with E-state index >= 15 is 0 Å². The summed E-state index contributed by atoms with van der Waals surface area (Å²) in [5, 5.41) is 6.01. The molecule has 4 aromatic rings. The van der Waals surface area contributed by atoms with Crippen molar-refractivity contribution in [2.45, 2.75) is 18.9 Å². The first-order valence-corrected chi connectivity index (χ1v) is 13.3. The minimum atomic E-state index is -0.318. The van der Waals surface area contributed by atoms with Gasteiger partial charge in [0.1, 0.15) is 11.9 Å². The molecule has 3 aliphatic rings. The summed E-state index contributed by atoms with van der Waals surface area (Å²) in [4.78, 5) is 26.6. The number of nitrogens with two attached hydrogens (primary N) is 1. The van der Waals surface area contributed by atoms with Crippen molar-refractivity contribution in [3.05, 3.63) is 47.5 Å². The largest absolute Gasteiger partial charge is 0.454 e. The van der Waals surface area contributed by atoms with Crippen LogP contribution < -0.4 is 20.1 Å². The van der Waals surface area contributed by atoms with E-state index in [1.807, 2.05) is 35.2 Å². The highest BCUT2D eigenvalue weighted by molar-refractivity contribution is 6.30. The molecule has 1 atom stereocenters. The number of halogens is 1. The Morgan fingerprint density at radius 1 is 1.00 bits per heavy atom. The molecule has 0 aliphatic carbocycles. The maximum Gasteiger partial charge on any atom is 0.251 e. The molecule has 1 unspecified atom stereocenters. The lowest BCUT2D eigenvalue weighted by atomic mass is 10.1. The van der Waals surface area contributed by atoms with E-state index in [1.54, 1.807) is 16.8 Å². The fourth-order valence-corrected chi connectivity index (χ4v) is 5.40. The Morgan fingerprint density at radius 3 is 2.56 bits per heavy atom. The molecule has 2 N–H and O–H groups in total. The van der Waals surface area contributed by atoms with Crippen LogP contribution in [0.1, 0.15) is 12.8 Å². The number of hydrogen-bond donors (Lipinski definition) is 1. The van der Waals surface area contributed by atoms with Crippen LogP contribution in [0, 0.1) is 0 Å². The van der Waals surface area contributed by atoms with Gasteiger partial charge < -0.3 is 29.7 Å². The molecule has 5 heterocycles. The van der Waals surface area contributed by atoms with Crippen molar-refractivity contribution in [2.75, 3.05) is 50.2 Å². The van der Waals surface area contributed by atoms with E-state index in [2.05, 4.69) is 4.90 Å². The molecular weight excluding hydrogens is 522 g/mol. The molecule has 2 fully saturated rings. The maximum absolute atomic E-state index is 12.8. The molecule has 0 spiro atoms. The Balaban J connectivity index is 1.27. The second-order valence-corrected chi connectivity index (χ2v) is 10.2. The number of hydrogen-bond acceptors (Lipinski definition) is 9. The number of carbonyl (C=O) groups excluding carboxylic acids is 1. The first-order valence-electron chi connectivity index (χ1n) is 12.9. The summed E-state index contributed by atoms with van der Waals surface area (Å²) in [5.74, 6) is 2.34. The molecule has 7 rings (SSSR count). The molecule has 2 aromatic heterocycles. The third kappa shape index (κ3) is 4.27. The van der Waals surface area contributed by atoms with E-state index in [1.165, 1.54) is 0 Å². The van der Waals surface area contributed by atoms with Crippen LogP contribution in [-0.4, -0.2) is 76.2 Å². The minimum Gasteiger partial charge on any atom is -0.454 e. The van der Waals surface area contributed by atoms with Gasteiger partial charge in [-0.1, -0.05) is 11.6 Å². The van der Waals surface area contributed by atoms with Gasteiger partial charge in [-0.2, -0.15) is 4.98 Å². The average molecular weight is 548 g/mol. The van der Waals surface area contributed by atoms with Gasteiger partial charge in [0.25, 0.3) is 5.91 Å². The minimum absolute atomic E-state index is 0.0686. The molecular formula is C27H26ClN7O4. The Kier molecular flexibility index (Phi) is 5.89. The first-order chi connectivity index (χ1) is 19.0. The van der Waals surface area contributed by atoms with Crippen LogP contribution in [-0.2, 0) is 9.53 Å². The molecule has 12 heteroatoms. The zero-order valence-electron chi connectivity index (χ0n) is 21.0. The number of aromatic nitrogens is 4. The lowest BCUT2D eigenvalue weighted by Crippen LogP contribution is -2.51. The fraction of sp³-hybridized carbons (Fsp3) is 0.333. The van der Waals surface area contributed by atoms with Crippen LogP contribution in [0.25, 0.3) is 28.0 Å². The van der Waals surface area contributed by atoms with E-state index < -0.39 is 0 Å². The number of anilines is 2. The van der Waals surface area contributed by atoms with Gasteiger partial charge in [0, 0.05) is 43.4 Å². The van der Waals surface area contributed by atoms with Crippen molar-refractivity contribution in [1.82, 2.24) is 24.6 Å². The van der Waals surface area contributed by atoms with Crippen LogP contribution >= 0.6 is 11.6 Å². The van der Waals surface area contributed by atoms with Crippen LogP contribution in [0.15, 0.2) is 42.5 Å². The van der Waals surface area contributed by atoms with Crippen LogP contribution in [0.5, 0.6) is 11.5 Å². The highest BCUT2D eigenvalue weighted by Crippen LogP contribution is 2.39. The van der Waals surface area contributed by atoms with Gasteiger partial charge in [-0.3, -0.25) is 4.79 Å². The summed E-state index contributed by atoms with van der Waals surface area (Å²) in [6.45, 7) is 3.16. The quantitative estimate of drug-likeness (QED) is 0.410. The van der Waals surface area contributed by atoms with Gasteiger partial charge in [0.05, 0.1) is 16.8 Å². The zero-order valence-corrected chi connectivity index (χ0v) is 21.8. The van der Waals surface area contributed by atoms with Crippen molar-refractivity contribution in [3.8, 4) is 28.4 Å². The number of nitrogens with zero attached hydrogens (tertiary/aromatic N) is 6. The Morgan fingerprint density at radius 2 is 1.79 bits per heavy atom. The summed E-state index contributed by atoms with van der Waals surface area (Å²) in [6.07, 6.45) is 1.40. The van der Waals surface area contributed by atoms with Crippen LogP contribution in [0.3, 0.4) is 0 Å². The number of ether oxygens (including phenoxy) is 3. The van der Waals surface area contributed by atoms with Gasteiger partial charge in [-0.15, -0.1) is 5.10 Å². The molecule has 2 aromatic carbocycles. The van der Waals surface area contributed by atoms with Crippen LogP contribution in [0.4, 0.5) is 11.8 Å². The van der Waals surface area contributed by atoms with Crippen LogP contribution in [0.2, 0.25) is 5.02 Å². The number of benzene rings is 2. The Bertz CT molecular complexity index is 1560. The SMILES string of the molecule is Nc1c2c(-c3ccc4c(c3)OCO4)nc(N3CCN(C(=O)C4CCCO4)CC3)nc2nn1-c1ccc(Cl)cc1. The van der Waals surface area contributed by atoms with Gasteiger partial charge in [0.2, 0.25) is 12.7 Å². The number of fused-ring (bicyclic) bond motifs is 2. The van der Waals surface area contributed by atoms with Crippen molar-refractivity contribution in [3.63, 3.8) is 0 Å². The van der Waals surface area contributed by atoms with E-state index in [0.29, 0.717) is 77.8 Å². The predicted octanol–water partition coefficient (Wildman–Crippen LogP) is 3.27. The zero-order chi connectivity index (χ0) is 26.5. The van der Waals surface area contributed by atoms with Gasteiger partial charge in [0.15, 0.2) is 17.1 Å². The van der Waals surface area contributed by atoms with E-state index in [4.69, 9.17) is 46.6 Å². The molecule has 11 nitrogen and oxygen atoms in total. The third-order valence-corrected chi connectivity index (χ3v) is 7.61. The lowest BCUT2D eigenvalue weighted by Gasteiger charge is -2.35. The average Bonchev–Trinajstić information content (AvgIpc) is 3.73. The number of rotatable bonds is 4. The summed E-state index contributed by atoms with van der Waals surface area (Å²) in [7, 11) is 0. The molecule has 2 saturated heterocycles. The van der Waals surface area contributed by atoms with Crippen molar-refractivity contribution in [2.24, 2.45) is 0 Å². The number of piperazine rings is 1. The van der Waals surface area contributed by atoms with E-state index in [0.717, 1.165) is 24.1 Å². The van der Waals surface area contributed by atoms with Gasteiger partial charge in [-0.25, -0.2) is 9.67 Å². The molecule has 0 bridgehead atoms. The standard InChI is InChI=1S/C27H26ClN7O4/c28-17-4-6-18(7-5-17)35-24(29)22-23(16-3-8-19-21(14-16)39-15-38-19)30-27(31-25(22)32-35)34-11-9-33(10-12-34)26(36)20-2-1-13-37-20/h3-8,14,20H,1-2,9-13,15,29H2. The first kappa shape index (κ1) is 24.0. The monoisotopic (exact) mass is 547 g/mol. The van der Waals surface area contributed by atoms with Crippen molar-refractivity contribution in [1.29, 1.82) is 0 Å². The topological polar surface area (TPSA) is 121 Å². The maximum atomic E-state index is 12.8. The second-order valence-electron chi connectivity index (χ2n) is 9.73. The summed E-state index contributed by atoms with van der Waals surface area (Å²) in [6, 6.07) is 13.0. The fourth-order valence-electron chi connectivity index (χ4n) is 5.28. The molecule has 3 aliphatic heterocycles. The van der Waals surface area contributed by atoms with Gasteiger partial charge >= 0.3 is 0 Å². The predicted molar refractivity (Wildman–Crippen MR) is 145 cm³/mol. The number of nitrogen functional groups attached to an aromatic ring is 1. The molecule has 1 amide bonds. The molecule has 0 saturated carbocycles. The second kappa shape index (κ2) is 9.58. The number of amides is 1. The summed E-state index contributed by atoms with van der Waals surface area (Å²) < 4.78 is 18.4. The normalized spacial score (nSPS) is 18.7. The third-order valence-electron chi connectivity index (χ3n) is 7.35. The highest BCUT2D eigenvalue weighted by Gasteiger charge is 2.31. The van der Waals surface area contributed by atoms with Crippen molar-refractivity contribution >= 4 is 40.3 Å². The van der Waals surface area contributed by atoms with E-state index in [9.17, 15) is 4.79 Å². The lowest BCUT2D eigenvalue weighted by molar-refractivity contribution is -0.141. The highest BCUT2D eigenvalue weighted by atomic mass is 35.5. The molecule has 39 heavy (non-hydrogen) atoms. The molecule has 200 valence electrons. The van der Waals surface area contributed by atoms with Crippen molar-refractivity contribution < 1.29 is 19.0 Å². The Labute approximate surface area is 229 Å². The smallest absolute Gasteiger partial charge is 0.251 e.